The Morgan fingerprint density at radius 1 is 0.333 bits per heavy atom. The van der Waals surface area contributed by atoms with Gasteiger partial charge in [0.2, 0.25) is 0 Å². The van der Waals surface area contributed by atoms with Crippen molar-refractivity contribution >= 4 is 49.8 Å². The summed E-state index contributed by atoms with van der Waals surface area (Å²) in [6.45, 7) is 0. The highest BCUT2D eigenvalue weighted by Gasteiger charge is 2.15. The van der Waals surface area contributed by atoms with Crippen LogP contribution in [0, 0.1) is 0 Å². The topological polar surface area (TPSA) is 16.4 Å². The molecular formula is C40H27NO. The van der Waals surface area contributed by atoms with Crippen molar-refractivity contribution in [2.75, 3.05) is 4.90 Å². The van der Waals surface area contributed by atoms with E-state index in [9.17, 15) is 0 Å². The average Bonchev–Trinajstić information content (AvgIpc) is 3.43. The molecule has 0 bridgehead atoms. The third-order valence-corrected chi connectivity index (χ3v) is 8.02. The number of anilines is 3. The first-order valence-corrected chi connectivity index (χ1v) is 14.3. The number of nitrogens with zero attached hydrogens (tertiary/aromatic N) is 1. The summed E-state index contributed by atoms with van der Waals surface area (Å²) < 4.78 is 6.50. The number of benzene rings is 7. The Labute approximate surface area is 244 Å². The predicted octanol–water partition coefficient (Wildman–Crippen LogP) is 11.5. The van der Waals surface area contributed by atoms with Crippen LogP contribution in [0.4, 0.5) is 17.1 Å². The Hall–Kier alpha value is -5.60. The number of para-hydroxylation sites is 2. The lowest BCUT2D eigenvalue weighted by Crippen LogP contribution is -2.09. The molecule has 2 heteroatoms. The molecule has 1 aromatic heterocycles. The SMILES string of the molecule is c1ccc(-c2ccc3cc(-c4ccc5c(c4)oc4cc(N(c6ccccc6)c6ccccc6)ccc45)ccc3c2)cc1. The first kappa shape index (κ1) is 24.2. The number of furan rings is 1. The quantitative estimate of drug-likeness (QED) is 0.217. The second-order valence-electron chi connectivity index (χ2n) is 10.6. The van der Waals surface area contributed by atoms with E-state index in [2.05, 4.69) is 157 Å². The summed E-state index contributed by atoms with van der Waals surface area (Å²) in [7, 11) is 0. The minimum absolute atomic E-state index is 0.878. The van der Waals surface area contributed by atoms with Crippen molar-refractivity contribution < 1.29 is 4.42 Å². The molecule has 0 N–H and O–H groups in total. The highest BCUT2D eigenvalue weighted by molar-refractivity contribution is 6.07. The second kappa shape index (κ2) is 10.1. The molecule has 0 spiro atoms. The minimum Gasteiger partial charge on any atom is -0.456 e. The normalized spacial score (nSPS) is 11.3. The van der Waals surface area contributed by atoms with Gasteiger partial charge in [0.15, 0.2) is 0 Å². The molecule has 0 fully saturated rings. The van der Waals surface area contributed by atoms with Crippen molar-refractivity contribution in [2.45, 2.75) is 0 Å². The van der Waals surface area contributed by atoms with Crippen LogP contribution < -0.4 is 4.90 Å². The molecule has 1 heterocycles. The van der Waals surface area contributed by atoms with Crippen LogP contribution in [0.2, 0.25) is 0 Å². The fourth-order valence-corrected chi connectivity index (χ4v) is 5.92. The van der Waals surface area contributed by atoms with Crippen molar-refractivity contribution in [1.82, 2.24) is 0 Å². The largest absolute Gasteiger partial charge is 0.456 e. The lowest BCUT2D eigenvalue weighted by Gasteiger charge is -2.25. The molecule has 8 rings (SSSR count). The molecular weight excluding hydrogens is 510 g/mol. The van der Waals surface area contributed by atoms with Crippen LogP contribution in [0.3, 0.4) is 0 Å². The Kier molecular flexibility index (Phi) is 5.82. The molecule has 198 valence electrons. The Balaban J connectivity index is 1.17. The molecule has 42 heavy (non-hydrogen) atoms. The molecule has 2 nitrogen and oxygen atoms in total. The van der Waals surface area contributed by atoms with Gasteiger partial charge in [-0.2, -0.15) is 0 Å². The van der Waals surface area contributed by atoms with Gasteiger partial charge in [0.25, 0.3) is 0 Å². The zero-order valence-corrected chi connectivity index (χ0v) is 22.9. The molecule has 0 aliphatic rings. The maximum atomic E-state index is 6.50. The molecule has 8 aromatic rings. The Morgan fingerprint density at radius 2 is 0.810 bits per heavy atom. The second-order valence-corrected chi connectivity index (χ2v) is 10.6. The summed E-state index contributed by atoms with van der Waals surface area (Å²) >= 11 is 0. The first-order valence-electron chi connectivity index (χ1n) is 14.3. The van der Waals surface area contributed by atoms with E-state index >= 15 is 0 Å². The van der Waals surface area contributed by atoms with Crippen LogP contribution in [-0.4, -0.2) is 0 Å². The third-order valence-electron chi connectivity index (χ3n) is 8.02. The van der Waals surface area contributed by atoms with Crippen LogP contribution in [0.1, 0.15) is 0 Å². The van der Waals surface area contributed by atoms with E-state index in [0.717, 1.165) is 44.6 Å². The lowest BCUT2D eigenvalue weighted by molar-refractivity contribution is 0.669. The van der Waals surface area contributed by atoms with Gasteiger partial charge in [-0.15, -0.1) is 0 Å². The van der Waals surface area contributed by atoms with Gasteiger partial charge in [0.1, 0.15) is 11.2 Å². The van der Waals surface area contributed by atoms with Crippen LogP contribution in [0.5, 0.6) is 0 Å². The van der Waals surface area contributed by atoms with E-state index in [1.807, 2.05) is 12.1 Å². The zero-order valence-electron chi connectivity index (χ0n) is 22.9. The summed E-state index contributed by atoms with van der Waals surface area (Å²) in [5.74, 6) is 0. The van der Waals surface area contributed by atoms with Crippen molar-refractivity contribution in [3.63, 3.8) is 0 Å². The van der Waals surface area contributed by atoms with Crippen LogP contribution in [-0.2, 0) is 0 Å². The van der Waals surface area contributed by atoms with E-state index < -0.39 is 0 Å². The van der Waals surface area contributed by atoms with E-state index in [0.29, 0.717) is 0 Å². The third kappa shape index (κ3) is 4.31. The maximum absolute atomic E-state index is 6.50. The zero-order chi connectivity index (χ0) is 27.9. The van der Waals surface area contributed by atoms with Crippen LogP contribution >= 0.6 is 0 Å². The molecule has 0 amide bonds. The van der Waals surface area contributed by atoms with Gasteiger partial charge in [-0.1, -0.05) is 97.1 Å². The van der Waals surface area contributed by atoms with E-state index in [4.69, 9.17) is 4.42 Å². The van der Waals surface area contributed by atoms with Crippen molar-refractivity contribution in [3.8, 4) is 22.3 Å². The number of hydrogen-bond acceptors (Lipinski definition) is 2. The van der Waals surface area contributed by atoms with Crippen LogP contribution in [0.15, 0.2) is 168 Å². The van der Waals surface area contributed by atoms with E-state index in [1.165, 1.54) is 27.5 Å². The molecule has 0 saturated heterocycles. The first-order chi connectivity index (χ1) is 20.8. The molecule has 0 aliphatic carbocycles. The van der Waals surface area contributed by atoms with Gasteiger partial charge >= 0.3 is 0 Å². The molecule has 0 unspecified atom stereocenters. The fourth-order valence-electron chi connectivity index (χ4n) is 5.92. The van der Waals surface area contributed by atoms with Gasteiger partial charge in [-0.3, -0.25) is 0 Å². The molecule has 0 aliphatic heterocycles. The number of fused-ring (bicyclic) bond motifs is 4. The lowest BCUT2D eigenvalue weighted by atomic mass is 9.97. The fraction of sp³-hybridized carbons (Fsp3) is 0. The molecule has 7 aromatic carbocycles. The molecule has 0 saturated carbocycles. The summed E-state index contributed by atoms with van der Waals surface area (Å²) in [6.07, 6.45) is 0. The summed E-state index contributed by atoms with van der Waals surface area (Å²) in [5, 5.41) is 4.70. The average molecular weight is 538 g/mol. The smallest absolute Gasteiger partial charge is 0.137 e. The van der Waals surface area contributed by atoms with Gasteiger partial charge in [0.05, 0.1) is 0 Å². The minimum atomic E-state index is 0.878. The number of hydrogen-bond donors (Lipinski definition) is 0. The summed E-state index contributed by atoms with van der Waals surface area (Å²) in [5.41, 5.74) is 9.83. The summed E-state index contributed by atoms with van der Waals surface area (Å²) in [6, 6.07) is 57.9. The van der Waals surface area contributed by atoms with Crippen molar-refractivity contribution in [3.05, 3.63) is 164 Å². The highest BCUT2D eigenvalue weighted by Crippen LogP contribution is 2.39. The van der Waals surface area contributed by atoms with Gasteiger partial charge in [-0.25, -0.2) is 0 Å². The van der Waals surface area contributed by atoms with E-state index in [1.54, 1.807) is 0 Å². The standard InChI is InChI=1S/C40H27NO/c1-4-10-28(11-5-1)29-16-17-31-25-32(19-18-30(31)24-29)33-20-22-37-38-23-21-36(27-40(38)42-39(37)26-33)41(34-12-6-2-7-13-34)35-14-8-3-9-15-35/h1-27H. The maximum Gasteiger partial charge on any atom is 0.137 e. The van der Waals surface area contributed by atoms with Crippen LogP contribution in [0.25, 0.3) is 55.0 Å². The predicted molar refractivity (Wildman–Crippen MR) is 177 cm³/mol. The van der Waals surface area contributed by atoms with Crippen molar-refractivity contribution in [2.24, 2.45) is 0 Å². The monoisotopic (exact) mass is 537 g/mol. The van der Waals surface area contributed by atoms with E-state index in [-0.39, 0.29) is 0 Å². The highest BCUT2D eigenvalue weighted by atomic mass is 16.3. The Morgan fingerprint density at radius 3 is 1.43 bits per heavy atom. The Bertz CT molecular complexity index is 2140. The summed E-state index contributed by atoms with van der Waals surface area (Å²) in [4.78, 5) is 2.26. The van der Waals surface area contributed by atoms with Crippen molar-refractivity contribution in [1.29, 1.82) is 0 Å². The van der Waals surface area contributed by atoms with Gasteiger partial charge in [-0.05, 0) is 93.7 Å². The molecule has 0 atom stereocenters. The number of rotatable bonds is 5. The van der Waals surface area contributed by atoms with Gasteiger partial charge in [0, 0.05) is 33.9 Å². The molecule has 0 radical (unpaired) electrons. The van der Waals surface area contributed by atoms with Gasteiger partial charge < -0.3 is 9.32 Å².